The van der Waals surface area contributed by atoms with Crippen LogP contribution in [-0.4, -0.2) is 18.4 Å². The van der Waals surface area contributed by atoms with Crippen molar-refractivity contribution >= 4 is 35.2 Å². The minimum absolute atomic E-state index is 0.0403. The van der Waals surface area contributed by atoms with Crippen molar-refractivity contribution in [3.8, 4) is 6.07 Å². The van der Waals surface area contributed by atoms with E-state index in [1.54, 1.807) is 48.5 Å². The van der Waals surface area contributed by atoms with Crippen molar-refractivity contribution in [1.29, 1.82) is 5.26 Å². The molecule has 0 aliphatic rings. The van der Waals surface area contributed by atoms with Crippen LogP contribution < -0.4 is 10.6 Å². The highest BCUT2D eigenvalue weighted by Gasteiger charge is 2.11. The van der Waals surface area contributed by atoms with Gasteiger partial charge in [-0.05, 0) is 35.9 Å². The first kappa shape index (κ1) is 19.0. The molecule has 0 fully saturated rings. The maximum atomic E-state index is 12.3. The van der Waals surface area contributed by atoms with Crippen LogP contribution in [0.4, 0.5) is 5.69 Å². The van der Waals surface area contributed by atoms with E-state index >= 15 is 0 Å². The van der Waals surface area contributed by atoms with Crippen molar-refractivity contribution in [1.82, 2.24) is 5.32 Å². The summed E-state index contributed by atoms with van der Waals surface area (Å²) < 4.78 is 0. The smallest absolute Gasteiger partial charge is 0.262 e. The second-order valence-electron chi connectivity index (χ2n) is 5.23. The highest BCUT2D eigenvalue weighted by atomic mass is 35.5. The monoisotopic (exact) mass is 365 g/mol. The Balaban J connectivity index is 2.19. The molecule has 0 aliphatic heterocycles. The van der Waals surface area contributed by atoms with Gasteiger partial charge < -0.3 is 10.6 Å². The number of anilines is 1. The fourth-order valence-electron chi connectivity index (χ4n) is 2.13. The summed E-state index contributed by atoms with van der Waals surface area (Å²) in [7, 11) is 0. The van der Waals surface area contributed by atoms with E-state index in [1.807, 2.05) is 6.07 Å². The van der Waals surface area contributed by atoms with Gasteiger partial charge in [0.1, 0.15) is 11.6 Å². The lowest BCUT2D eigenvalue weighted by atomic mass is 10.1. The number of nitrogens with zero attached hydrogens (tertiary/aromatic N) is 1. The quantitative estimate of drug-likeness (QED) is 0.464. The van der Waals surface area contributed by atoms with Crippen LogP contribution in [0.5, 0.6) is 0 Å². The van der Waals surface area contributed by atoms with E-state index in [2.05, 4.69) is 17.2 Å². The summed E-state index contributed by atoms with van der Waals surface area (Å²) in [4.78, 5) is 24.2. The van der Waals surface area contributed by atoms with Crippen molar-refractivity contribution in [2.45, 2.75) is 0 Å². The average molecular weight is 366 g/mol. The third kappa shape index (κ3) is 5.07. The number of nitriles is 1. The molecule has 0 aliphatic carbocycles. The topological polar surface area (TPSA) is 82.0 Å². The minimum atomic E-state index is -0.488. The second-order valence-corrected chi connectivity index (χ2v) is 5.64. The van der Waals surface area contributed by atoms with Gasteiger partial charge in [0.05, 0.1) is 10.6 Å². The summed E-state index contributed by atoms with van der Waals surface area (Å²) in [5, 5.41) is 14.8. The van der Waals surface area contributed by atoms with Gasteiger partial charge in [-0.1, -0.05) is 41.9 Å². The lowest BCUT2D eigenvalue weighted by Gasteiger charge is -2.07. The van der Waals surface area contributed by atoms with Crippen LogP contribution in [0.15, 0.2) is 66.8 Å². The molecule has 6 heteroatoms. The predicted molar refractivity (Wildman–Crippen MR) is 103 cm³/mol. The zero-order valence-electron chi connectivity index (χ0n) is 13.8. The summed E-state index contributed by atoms with van der Waals surface area (Å²) in [6.45, 7) is 3.78. The summed E-state index contributed by atoms with van der Waals surface area (Å²) in [6.07, 6.45) is 2.97. The normalized spacial score (nSPS) is 10.5. The number of rotatable bonds is 6. The van der Waals surface area contributed by atoms with Crippen molar-refractivity contribution in [2.24, 2.45) is 0 Å². The van der Waals surface area contributed by atoms with Crippen LogP contribution in [0.2, 0.25) is 5.02 Å². The van der Waals surface area contributed by atoms with E-state index in [9.17, 15) is 9.59 Å². The fourth-order valence-corrected chi connectivity index (χ4v) is 2.35. The standard InChI is InChI=1S/C20H16ClN3O2/c1-2-10-23-19(25)15(13-22)11-14-6-5-7-16(12-14)24-20(26)17-8-3-4-9-18(17)21/h2-9,11-12H,1,10H2,(H,23,25)(H,24,26)/b15-11+. The van der Waals surface area contributed by atoms with Crippen molar-refractivity contribution in [2.75, 3.05) is 11.9 Å². The van der Waals surface area contributed by atoms with Gasteiger partial charge >= 0.3 is 0 Å². The number of nitrogens with one attached hydrogen (secondary N) is 2. The molecule has 0 aromatic heterocycles. The van der Waals surface area contributed by atoms with E-state index in [4.69, 9.17) is 16.9 Å². The molecule has 2 N–H and O–H groups in total. The first-order valence-corrected chi connectivity index (χ1v) is 8.09. The van der Waals surface area contributed by atoms with E-state index < -0.39 is 5.91 Å². The van der Waals surface area contributed by atoms with Crippen LogP contribution >= 0.6 is 11.6 Å². The van der Waals surface area contributed by atoms with Gasteiger partial charge in [-0.25, -0.2) is 0 Å². The maximum absolute atomic E-state index is 12.3. The summed E-state index contributed by atoms with van der Waals surface area (Å²) >= 11 is 6.02. The number of amides is 2. The number of carbonyl (C=O) groups excluding carboxylic acids is 2. The highest BCUT2D eigenvalue weighted by Crippen LogP contribution is 2.18. The molecule has 2 rings (SSSR count). The highest BCUT2D eigenvalue weighted by molar-refractivity contribution is 6.34. The zero-order valence-corrected chi connectivity index (χ0v) is 14.6. The van der Waals surface area contributed by atoms with Crippen LogP contribution in [-0.2, 0) is 4.79 Å². The number of carbonyl (C=O) groups is 2. The van der Waals surface area contributed by atoms with Gasteiger partial charge in [0.2, 0.25) is 0 Å². The number of hydrogen-bond acceptors (Lipinski definition) is 3. The van der Waals surface area contributed by atoms with Crippen LogP contribution in [0.1, 0.15) is 15.9 Å². The minimum Gasteiger partial charge on any atom is -0.348 e. The Morgan fingerprint density at radius 1 is 1.19 bits per heavy atom. The van der Waals surface area contributed by atoms with Gasteiger partial charge in [0.25, 0.3) is 11.8 Å². The Morgan fingerprint density at radius 3 is 2.65 bits per heavy atom. The largest absolute Gasteiger partial charge is 0.348 e. The summed E-state index contributed by atoms with van der Waals surface area (Å²) in [6, 6.07) is 15.4. The lowest BCUT2D eigenvalue weighted by molar-refractivity contribution is -0.116. The first-order chi connectivity index (χ1) is 12.5. The maximum Gasteiger partial charge on any atom is 0.262 e. The Hall–Kier alpha value is -3.36. The molecule has 2 amide bonds. The molecule has 0 saturated heterocycles. The molecule has 0 unspecified atom stereocenters. The van der Waals surface area contributed by atoms with Crippen molar-refractivity contribution in [3.63, 3.8) is 0 Å². The van der Waals surface area contributed by atoms with Crippen molar-refractivity contribution < 1.29 is 9.59 Å². The Bertz CT molecular complexity index is 913. The number of hydrogen-bond donors (Lipinski definition) is 2. The predicted octanol–water partition coefficient (Wildman–Crippen LogP) is 3.80. The van der Waals surface area contributed by atoms with Crippen LogP contribution in [0, 0.1) is 11.3 Å². The number of benzene rings is 2. The van der Waals surface area contributed by atoms with Crippen LogP contribution in [0.3, 0.4) is 0 Å². The molecule has 0 saturated carbocycles. The van der Waals surface area contributed by atoms with Crippen molar-refractivity contribution in [3.05, 3.63) is 82.9 Å². The van der Waals surface area contributed by atoms with E-state index in [0.29, 0.717) is 21.8 Å². The molecule has 0 heterocycles. The molecule has 0 radical (unpaired) electrons. The van der Waals surface area contributed by atoms with Gasteiger partial charge in [-0.3, -0.25) is 9.59 Å². The SMILES string of the molecule is C=CCNC(=O)/C(C#N)=C/c1cccc(NC(=O)c2ccccc2Cl)c1. The van der Waals surface area contributed by atoms with E-state index in [0.717, 1.165) is 0 Å². The molecular formula is C20H16ClN3O2. The van der Waals surface area contributed by atoms with E-state index in [-0.39, 0.29) is 18.0 Å². The lowest BCUT2D eigenvalue weighted by Crippen LogP contribution is -2.24. The third-order valence-corrected chi connectivity index (χ3v) is 3.68. The summed E-state index contributed by atoms with van der Waals surface area (Å²) in [5.41, 5.74) is 1.44. The molecule has 26 heavy (non-hydrogen) atoms. The Morgan fingerprint density at radius 2 is 1.96 bits per heavy atom. The molecule has 2 aromatic carbocycles. The average Bonchev–Trinajstić information content (AvgIpc) is 2.64. The second kappa shape index (κ2) is 9.21. The molecule has 130 valence electrons. The Kier molecular flexibility index (Phi) is 6.72. The fraction of sp³-hybridized carbons (Fsp3) is 0.0500. The zero-order chi connectivity index (χ0) is 18.9. The molecule has 5 nitrogen and oxygen atoms in total. The van der Waals surface area contributed by atoms with E-state index in [1.165, 1.54) is 12.2 Å². The first-order valence-electron chi connectivity index (χ1n) is 7.72. The van der Waals surface area contributed by atoms with Gasteiger partial charge in [0.15, 0.2) is 0 Å². The van der Waals surface area contributed by atoms with Crippen LogP contribution in [0.25, 0.3) is 6.08 Å². The summed E-state index contributed by atoms with van der Waals surface area (Å²) in [5.74, 6) is -0.834. The molecule has 2 aromatic rings. The van der Waals surface area contributed by atoms with Gasteiger partial charge in [0, 0.05) is 12.2 Å². The molecule has 0 bridgehead atoms. The van der Waals surface area contributed by atoms with Gasteiger partial charge in [-0.15, -0.1) is 6.58 Å². The molecular weight excluding hydrogens is 350 g/mol. The van der Waals surface area contributed by atoms with Gasteiger partial charge in [-0.2, -0.15) is 5.26 Å². The molecule has 0 atom stereocenters. The Labute approximate surface area is 156 Å². The number of halogens is 1. The molecule has 0 spiro atoms. The third-order valence-electron chi connectivity index (χ3n) is 3.35.